The molecule has 0 aliphatic heterocycles. The van der Waals surface area contributed by atoms with Gasteiger partial charge in [-0.15, -0.1) is 21.5 Å². The molecular formula is C13H15N7OS2. The summed E-state index contributed by atoms with van der Waals surface area (Å²) in [7, 11) is 0. The topological polar surface area (TPSA) is 123 Å². The van der Waals surface area contributed by atoms with E-state index < -0.39 is 0 Å². The highest BCUT2D eigenvalue weighted by Gasteiger charge is 2.18. The lowest BCUT2D eigenvalue weighted by Gasteiger charge is -2.06. The van der Waals surface area contributed by atoms with Crippen LogP contribution in [0.2, 0.25) is 0 Å². The zero-order chi connectivity index (χ0) is 16.2. The molecule has 2 heterocycles. The van der Waals surface area contributed by atoms with Crippen LogP contribution in [0.3, 0.4) is 0 Å². The van der Waals surface area contributed by atoms with Gasteiger partial charge in [0.1, 0.15) is 6.54 Å². The van der Waals surface area contributed by atoms with E-state index in [0.29, 0.717) is 10.3 Å². The molecule has 120 valence electrons. The van der Waals surface area contributed by atoms with E-state index in [9.17, 15) is 4.79 Å². The van der Waals surface area contributed by atoms with Crippen molar-refractivity contribution >= 4 is 40.1 Å². The van der Waals surface area contributed by atoms with E-state index in [1.54, 1.807) is 0 Å². The molecule has 0 atom stereocenters. The highest BCUT2D eigenvalue weighted by atomic mass is 32.2. The summed E-state index contributed by atoms with van der Waals surface area (Å²) in [5, 5.41) is 20.2. The number of hydrogen-bond acceptors (Lipinski definition) is 8. The third-order valence-electron chi connectivity index (χ3n) is 3.41. The second kappa shape index (κ2) is 6.97. The van der Waals surface area contributed by atoms with Crippen LogP contribution in [0.15, 0.2) is 5.16 Å². The quantitative estimate of drug-likeness (QED) is 0.783. The third-order valence-corrected chi connectivity index (χ3v) is 5.31. The van der Waals surface area contributed by atoms with Gasteiger partial charge in [0.05, 0.1) is 17.5 Å². The number of carbonyl (C=O) groups excluding carboxylic acids is 1. The molecule has 0 saturated heterocycles. The number of rotatable bonds is 5. The number of nitrogens with one attached hydrogen (secondary N) is 1. The normalized spacial score (nSPS) is 13.3. The number of anilines is 2. The zero-order valence-corrected chi connectivity index (χ0v) is 13.9. The number of fused-ring (bicyclic) bond motifs is 1. The Morgan fingerprint density at radius 3 is 3.04 bits per heavy atom. The van der Waals surface area contributed by atoms with Crippen LogP contribution in [0, 0.1) is 11.3 Å². The van der Waals surface area contributed by atoms with Gasteiger partial charge in [-0.25, -0.2) is 4.98 Å². The maximum Gasteiger partial charge on any atom is 0.246 e. The Labute approximate surface area is 141 Å². The number of nitrogens with two attached hydrogens (primary N) is 1. The lowest BCUT2D eigenvalue weighted by atomic mass is 10.0. The van der Waals surface area contributed by atoms with E-state index in [2.05, 4.69) is 20.5 Å². The maximum atomic E-state index is 12.2. The summed E-state index contributed by atoms with van der Waals surface area (Å²) in [6.45, 7) is -0.00313. The van der Waals surface area contributed by atoms with Crippen molar-refractivity contribution in [3.63, 3.8) is 0 Å². The Kier molecular flexibility index (Phi) is 4.78. The molecule has 0 spiro atoms. The molecule has 0 saturated carbocycles. The van der Waals surface area contributed by atoms with Crippen molar-refractivity contribution in [2.45, 2.75) is 37.4 Å². The number of carbonyl (C=O) groups is 1. The zero-order valence-electron chi connectivity index (χ0n) is 12.3. The Morgan fingerprint density at radius 2 is 2.26 bits per heavy atom. The average molecular weight is 349 g/mol. The van der Waals surface area contributed by atoms with Gasteiger partial charge in [-0.3, -0.25) is 9.36 Å². The molecule has 0 unspecified atom stereocenters. The fraction of sp³-hybridized carbons (Fsp3) is 0.462. The predicted molar refractivity (Wildman–Crippen MR) is 88.2 cm³/mol. The van der Waals surface area contributed by atoms with E-state index in [0.717, 1.165) is 25.0 Å². The van der Waals surface area contributed by atoms with Crippen molar-refractivity contribution < 1.29 is 4.79 Å². The van der Waals surface area contributed by atoms with Crippen LogP contribution in [-0.2, 0) is 24.2 Å². The second-order valence-electron chi connectivity index (χ2n) is 5.02. The summed E-state index contributed by atoms with van der Waals surface area (Å²) < 4.78 is 1.49. The molecule has 2 aromatic rings. The van der Waals surface area contributed by atoms with Gasteiger partial charge in [0.25, 0.3) is 0 Å². The van der Waals surface area contributed by atoms with Crippen LogP contribution in [-0.4, -0.2) is 31.4 Å². The Balaban J connectivity index is 1.67. The summed E-state index contributed by atoms with van der Waals surface area (Å²) in [6, 6.07) is 2.01. The largest absolute Gasteiger partial charge is 0.368 e. The van der Waals surface area contributed by atoms with Crippen LogP contribution >= 0.6 is 23.1 Å². The summed E-state index contributed by atoms with van der Waals surface area (Å²) in [6.07, 6.45) is 4.35. The second-order valence-corrected chi connectivity index (χ2v) is 7.04. The first-order valence-electron chi connectivity index (χ1n) is 7.14. The van der Waals surface area contributed by atoms with E-state index in [-0.39, 0.29) is 24.2 Å². The first-order chi connectivity index (χ1) is 11.2. The third kappa shape index (κ3) is 3.62. The van der Waals surface area contributed by atoms with E-state index in [1.807, 2.05) is 6.07 Å². The standard InChI is InChI=1S/C13H15N7OS2/c14-5-6-22-13-19-18-11(15)20(13)7-10(21)17-12-16-8-3-1-2-4-9(8)23-12/h1-4,6-7H2,(H2,15,18)(H,16,17,21). The average Bonchev–Trinajstić information content (AvgIpc) is 3.09. The number of nitrogens with zero attached hydrogens (tertiary/aromatic N) is 5. The van der Waals surface area contributed by atoms with Gasteiger partial charge < -0.3 is 11.1 Å². The number of hydrogen-bond donors (Lipinski definition) is 2. The molecule has 1 amide bonds. The molecule has 3 N–H and O–H groups in total. The Bertz CT molecular complexity index is 737. The van der Waals surface area contributed by atoms with Crippen LogP contribution in [0.25, 0.3) is 0 Å². The highest BCUT2D eigenvalue weighted by Crippen LogP contribution is 2.29. The van der Waals surface area contributed by atoms with Crippen molar-refractivity contribution in [1.82, 2.24) is 19.7 Å². The monoisotopic (exact) mass is 349 g/mol. The molecule has 0 bridgehead atoms. The summed E-state index contributed by atoms with van der Waals surface area (Å²) in [5.41, 5.74) is 6.84. The Hall–Kier alpha value is -2.12. The molecule has 23 heavy (non-hydrogen) atoms. The minimum atomic E-state index is -0.235. The van der Waals surface area contributed by atoms with Crippen molar-refractivity contribution in [1.29, 1.82) is 5.26 Å². The number of nitrogen functional groups attached to an aromatic ring is 1. The van der Waals surface area contributed by atoms with E-state index in [1.165, 1.54) is 39.0 Å². The predicted octanol–water partition coefficient (Wildman–Crippen LogP) is 1.45. The lowest BCUT2D eigenvalue weighted by molar-refractivity contribution is -0.116. The molecule has 1 aliphatic carbocycles. The fourth-order valence-electron chi connectivity index (χ4n) is 2.36. The molecule has 0 aromatic carbocycles. The van der Waals surface area contributed by atoms with Crippen molar-refractivity contribution in [2.75, 3.05) is 16.8 Å². The van der Waals surface area contributed by atoms with Gasteiger partial charge in [-0.2, -0.15) is 5.26 Å². The van der Waals surface area contributed by atoms with E-state index >= 15 is 0 Å². The molecule has 1 aliphatic rings. The number of thiazole rings is 1. The van der Waals surface area contributed by atoms with Crippen LogP contribution in [0.4, 0.5) is 11.1 Å². The Morgan fingerprint density at radius 1 is 1.43 bits per heavy atom. The highest BCUT2D eigenvalue weighted by molar-refractivity contribution is 7.99. The number of aromatic nitrogens is 4. The van der Waals surface area contributed by atoms with Crippen molar-refractivity contribution in [3.05, 3.63) is 10.6 Å². The molecular weight excluding hydrogens is 334 g/mol. The number of nitriles is 1. The minimum Gasteiger partial charge on any atom is -0.368 e. The fourth-order valence-corrected chi connectivity index (χ4v) is 4.03. The molecule has 3 rings (SSSR count). The van der Waals surface area contributed by atoms with Gasteiger partial charge in [0.2, 0.25) is 11.9 Å². The van der Waals surface area contributed by atoms with Crippen molar-refractivity contribution in [2.24, 2.45) is 0 Å². The summed E-state index contributed by atoms with van der Waals surface area (Å²) in [4.78, 5) is 18.0. The molecule has 0 fully saturated rings. The van der Waals surface area contributed by atoms with Gasteiger partial charge in [-0.1, -0.05) is 11.8 Å². The van der Waals surface area contributed by atoms with Gasteiger partial charge in [0, 0.05) is 4.88 Å². The maximum absolute atomic E-state index is 12.2. The molecule has 2 aromatic heterocycles. The van der Waals surface area contributed by atoms with Gasteiger partial charge >= 0.3 is 0 Å². The molecule has 10 heteroatoms. The van der Waals surface area contributed by atoms with Gasteiger partial charge in [0.15, 0.2) is 10.3 Å². The van der Waals surface area contributed by atoms with Crippen molar-refractivity contribution in [3.8, 4) is 6.07 Å². The van der Waals surface area contributed by atoms with Gasteiger partial charge in [-0.05, 0) is 25.7 Å². The minimum absolute atomic E-state index is 0.00313. The van der Waals surface area contributed by atoms with Crippen LogP contribution in [0.5, 0.6) is 0 Å². The first kappa shape index (κ1) is 15.8. The number of thioether (sulfide) groups is 1. The smallest absolute Gasteiger partial charge is 0.246 e. The molecule has 0 radical (unpaired) electrons. The lowest BCUT2D eigenvalue weighted by Crippen LogP contribution is -2.20. The molecule has 8 nitrogen and oxygen atoms in total. The summed E-state index contributed by atoms with van der Waals surface area (Å²) in [5.74, 6) is 0.138. The number of amides is 1. The van der Waals surface area contributed by atoms with E-state index in [4.69, 9.17) is 11.0 Å². The number of aryl methyl sites for hydroxylation is 2. The SMILES string of the molecule is N#CCSc1nnc(N)n1CC(=O)Nc1nc2c(s1)CCCC2. The summed E-state index contributed by atoms with van der Waals surface area (Å²) >= 11 is 2.73. The first-order valence-corrected chi connectivity index (χ1v) is 8.94. The van der Waals surface area contributed by atoms with Crippen LogP contribution in [0.1, 0.15) is 23.4 Å². The van der Waals surface area contributed by atoms with Crippen LogP contribution < -0.4 is 11.1 Å².